The molecule has 1 unspecified atom stereocenters. The van der Waals surface area contributed by atoms with Crippen molar-refractivity contribution in [1.29, 1.82) is 0 Å². The van der Waals surface area contributed by atoms with Crippen LogP contribution in [0.2, 0.25) is 0 Å². The van der Waals surface area contributed by atoms with Gasteiger partial charge in [-0.15, -0.1) is 0 Å². The minimum atomic E-state index is -0.597. The molecule has 0 radical (unpaired) electrons. The van der Waals surface area contributed by atoms with Gasteiger partial charge in [0.2, 0.25) is 5.91 Å². The van der Waals surface area contributed by atoms with E-state index >= 15 is 0 Å². The predicted octanol–water partition coefficient (Wildman–Crippen LogP) is 3.11. The summed E-state index contributed by atoms with van der Waals surface area (Å²) in [6, 6.07) is 16.7. The monoisotopic (exact) mass is 340 g/mol. The Morgan fingerprint density at radius 1 is 1.04 bits per heavy atom. The summed E-state index contributed by atoms with van der Waals surface area (Å²) in [5.41, 5.74) is 1.76. The van der Waals surface area contributed by atoms with Crippen molar-refractivity contribution in [3.05, 3.63) is 60.2 Å². The Bertz CT molecular complexity index is 697. The van der Waals surface area contributed by atoms with Crippen molar-refractivity contribution in [2.24, 2.45) is 0 Å². The number of aryl methyl sites for hydroxylation is 1. The zero-order valence-electron chi connectivity index (χ0n) is 14.9. The van der Waals surface area contributed by atoms with Crippen molar-refractivity contribution < 1.29 is 14.3 Å². The third-order valence-corrected chi connectivity index (χ3v) is 3.77. The number of amides is 2. The zero-order chi connectivity index (χ0) is 18.2. The topological polar surface area (TPSA) is 58.6 Å². The molecule has 0 spiro atoms. The van der Waals surface area contributed by atoms with Crippen LogP contribution < -0.4 is 10.1 Å². The molecule has 0 aliphatic carbocycles. The molecule has 0 aliphatic rings. The molecule has 2 amide bonds. The highest BCUT2D eigenvalue weighted by atomic mass is 16.5. The van der Waals surface area contributed by atoms with E-state index in [2.05, 4.69) is 5.32 Å². The fourth-order valence-corrected chi connectivity index (χ4v) is 2.23. The van der Waals surface area contributed by atoms with E-state index in [9.17, 15) is 9.59 Å². The minimum Gasteiger partial charge on any atom is -0.481 e. The van der Waals surface area contributed by atoms with E-state index < -0.39 is 6.10 Å². The Balaban J connectivity index is 1.85. The standard InChI is InChI=1S/C20H24N2O3/c1-15(25-18-7-5-4-6-8-18)20(24)21-17-12-9-16(10-13-17)11-14-19(23)22(2)3/h4-10,12-13,15H,11,14H2,1-3H3,(H,21,24). The van der Waals surface area contributed by atoms with Crippen LogP contribution in [0.3, 0.4) is 0 Å². The van der Waals surface area contributed by atoms with Gasteiger partial charge in [0.05, 0.1) is 0 Å². The van der Waals surface area contributed by atoms with Gasteiger partial charge in [0.25, 0.3) is 5.91 Å². The Morgan fingerprint density at radius 3 is 2.28 bits per heavy atom. The molecule has 2 rings (SSSR count). The van der Waals surface area contributed by atoms with E-state index in [1.807, 2.05) is 54.6 Å². The summed E-state index contributed by atoms with van der Waals surface area (Å²) in [5, 5.41) is 2.83. The molecule has 0 heterocycles. The Morgan fingerprint density at radius 2 is 1.68 bits per heavy atom. The smallest absolute Gasteiger partial charge is 0.265 e. The van der Waals surface area contributed by atoms with Gasteiger partial charge in [-0.3, -0.25) is 9.59 Å². The first-order valence-corrected chi connectivity index (χ1v) is 8.27. The summed E-state index contributed by atoms with van der Waals surface area (Å²) >= 11 is 0. The zero-order valence-corrected chi connectivity index (χ0v) is 14.9. The summed E-state index contributed by atoms with van der Waals surface area (Å²) in [4.78, 5) is 25.4. The second-order valence-electron chi connectivity index (χ2n) is 6.05. The molecule has 1 atom stereocenters. The van der Waals surface area contributed by atoms with Crippen molar-refractivity contribution in [3.63, 3.8) is 0 Å². The van der Waals surface area contributed by atoms with Crippen LogP contribution in [-0.4, -0.2) is 36.9 Å². The lowest BCUT2D eigenvalue weighted by Crippen LogP contribution is -2.30. The van der Waals surface area contributed by atoms with Crippen molar-refractivity contribution in [3.8, 4) is 5.75 Å². The van der Waals surface area contributed by atoms with E-state index in [-0.39, 0.29) is 11.8 Å². The van der Waals surface area contributed by atoms with Gasteiger partial charge in [-0.2, -0.15) is 0 Å². The summed E-state index contributed by atoms with van der Waals surface area (Å²) in [7, 11) is 3.50. The number of carbonyl (C=O) groups excluding carboxylic acids is 2. The molecule has 2 aromatic carbocycles. The number of para-hydroxylation sites is 1. The molecule has 1 N–H and O–H groups in total. The van der Waals surface area contributed by atoms with Crippen molar-refractivity contribution in [2.45, 2.75) is 25.9 Å². The lowest BCUT2D eigenvalue weighted by Gasteiger charge is -2.15. The number of anilines is 1. The van der Waals surface area contributed by atoms with E-state index in [4.69, 9.17) is 4.74 Å². The maximum absolute atomic E-state index is 12.2. The molecule has 0 saturated heterocycles. The fourth-order valence-electron chi connectivity index (χ4n) is 2.23. The van der Waals surface area contributed by atoms with Crippen LogP contribution in [-0.2, 0) is 16.0 Å². The molecule has 5 nitrogen and oxygen atoms in total. The number of ether oxygens (including phenoxy) is 1. The average molecular weight is 340 g/mol. The molecule has 0 fully saturated rings. The normalized spacial score (nSPS) is 11.5. The van der Waals surface area contributed by atoms with Gasteiger partial charge in [-0.05, 0) is 43.2 Å². The van der Waals surface area contributed by atoms with Gasteiger partial charge in [0.15, 0.2) is 6.10 Å². The highest BCUT2D eigenvalue weighted by Gasteiger charge is 2.14. The Labute approximate surface area is 148 Å². The maximum atomic E-state index is 12.2. The first-order chi connectivity index (χ1) is 12.0. The van der Waals surface area contributed by atoms with Gasteiger partial charge in [0, 0.05) is 26.2 Å². The molecule has 0 bridgehead atoms. The number of hydrogen-bond donors (Lipinski definition) is 1. The predicted molar refractivity (Wildman–Crippen MR) is 98.6 cm³/mol. The molecule has 0 aromatic heterocycles. The van der Waals surface area contributed by atoms with Crippen LogP contribution in [0.5, 0.6) is 5.75 Å². The molecule has 0 aliphatic heterocycles. The summed E-state index contributed by atoms with van der Waals surface area (Å²) in [6.45, 7) is 1.71. The largest absolute Gasteiger partial charge is 0.481 e. The van der Waals surface area contributed by atoms with Gasteiger partial charge in [-0.1, -0.05) is 30.3 Å². The van der Waals surface area contributed by atoms with E-state index in [1.54, 1.807) is 25.9 Å². The van der Waals surface area contributed by atoms with Gasteiger partial charge in [0.1, 0.15) is 5.75 Å². The summed E-state index contributed by atoms with van der Waals surface area (Å²) in [6.07, 6.45) is 0.555. The molecule has 5 heteroatoms. The summed E-state index contributed by atoms with van der Waals surface area (Å²) in [5.74, 6) is 0.551. The van der Waals surface area contributed by atoms with Crippen molar-refractivity contribution >= 4 is 17.5 Å². The van der Waals surface area contributed by atoms with Crippen LogP contribution >= 0.6 is 0 Å². The van der Waals surface area contributed by atoms with Crippen molar-refractivity contribution in [2.75, 3.05) is 19.4 Å². The molecular weight excluding hydrogens is 316 g/mol. The van der Waals surface area contributed by atoms with Crippen LogP contribution in [0.15, 0.2) is 54.6 Å². The number of carbonyl (C=O) groups is 2. The molecular formula is C20H24N2O3. The molecule has 2 aromatic rings. The third kappa shape index (κ3) is 5.95. The highest BCUT2D eigenvalue weighted by molar-refractivity contribution is 5.94. The first kappa shape index (κ1) is 18.5. The second-order valence-corrected chi connectivity index (χ2v) is 6.05. The maximum Gasteiger partial charge on any atom is 0.265 e. The second kappa shape index (κ2) is 8.87. The number of hydrogen-bond acceptors (Lipinski definition) is 3. The van der Waals surface area contributed by atoms with Crippen LogP contribution in [0, 0.1) is 0 Å². The number of rotatable bonds is 7. The number of benzene rings is 2. The van der Waals surface area contributed by atoms with Gasteiger partial charge >= 0.3 is 0 Å². The Hall–Kier alpha value is -2.82. The van der Waals surface area contributed by atoms with E-state index in [0.717, 1.165) is 5.56 Å². The average Bonchev–Trinajstić information content (AvgIpc) is 2.61. The number of nitrogens with one attached hydrogen (secondary N) is 1. The third-order valence-electron chi connectivity index (χ3n) is 3.77. The summed E-state index contributed by atoms with van der Waals surface area (Å²) < 4.78 is 5.61. The molecule has 132 valence electrons. The molecule has 25 heavy (non-hydrogen) atoms. The highest BCUT2D eigenvalue weighted by Crippen LogP contribution is 2.14. The number of nitrogens with zero attached hydrogens (tertiary/aromatic N) is 1. The van der Waals surface area contributed by atoms with Crippen LogP contribution in [0.1, 0.15) is 18.9 Å². The SMILES string of the molecule is CC(Oc1ccccc1)C(=O)Nc1ccc(CCC(=O)N(C)C)cc1. The van der Waals surface area contributed by atoms with Crippen LogP contribution in [0.4, 0.5) is 5.69 Å². The van der Waals surface area contributed by atoms with Gasteiger partial charge in [-0.25, -0.2) is 0 Å². The Kier molecular flexibility index (Phi) is 6.57. The van der Waals surface area contributed by atoms with Crippen LogP contribution in [0.25, 0.3) is 0 Å². The molecule has 0 saturated carbocycles. The fraction of sp³-hybridized carbons (Fsp3) is 0.300. The van der Waals surface area contributed by atoms with Crippen molar-refractivity contribution in [1.82, 2.24) is 4.90 Å². The van der Waals surface area contributed by atoms with Gasteiger partial charge < -0.3 is 15.0 Å². The van der Waals surface area contributed by atoms with E-state index in [1.165, 1.54) is 0 Å². The minimum absolute atomic E-state index is 0.101. The van der Waals surface area contributed by atoms with E-state index in [0.29, 0.717) is 24.3 Å². The lowest BCUT2D eigenvalue weighted by molar-refractivity contribution is -0.128. The lowest BCUT2D eigenvalue weighted by atomic mass is 10.1. The quantitative estimate of drug-likeness (QED) is 0.842. The first-order valence-electron chi connectivity index (χ1n) is 8.27.